The fourth-order valence-electron chi connectivity index (χ4n) is 20.2. The van der Waals surface area contributed by atoms with Gasteiger partial charge in [-0.2, -0.15) is 0 Å². The minimum atomic E-state index is -0.697. The molecule has 2 spiro atoms. The van der Waals surface area contributed by atoms with Gasteiger partial charge in [-0.25, -0.2) is 9.97 Å². The maximum atomic E-state index is 5.41. The first-order valence-electron chi connectivity index (χ1n) is 37.5. The van der Waals surface area contributed by atoms with E-state index in [9.17, 15) is 0 Å². The van der Waals surface area contributed by atoms with Crippen molar-refractivity contribution in [2.45, 2.75) is 10.8 Å². The van der Waals surface area contributed by atoms with Gasteiger partial charge < -0.3 is 9.13 Å². The second-order valence-corrected chi connectivity index (χ2v) is 29.7. The first-order valence-corrected chi connectivity index (χ1v) is 37.5. The number of hydrogen-bond donors (Lipinski definition) is 0. The van der Waals surface area contributed by atoms with Crippen molar-refractivity contribution >= 4 is 65.4 Å². The molecule has 0 amide bonds. The van der Waals surface area contributed by atoms with Crippen LogP contribution < -0.4 is 0 Å². The lowest BCUT2D eigenvalue weighted by atomic mass is 9.65. The molecule has 0 fully saturated rings. The predicted octanol–water partition coefficient (Wildman–Crippen LogP) is 26.0. The Morgan fingerprint density at radius 3 is 1.43 bits per heavy atom. The van der Waals surface area contributed by atoms with Crippen LogP contribution in [0.5, 0.6) is 0 Å². The maximum Gasteiger partial charge on any atom is 0.0754 e. The fraction of sp³-hybridized carbons (Fsp3) is 0.0192. The van der Waals surface area contributed by atoms with E-state index in [1.807, 2.05) is 0 Å². The zero-order valence-corrected chi connectivity index (χ0v) is 58.6. The average molecular weight is 1370 g/mol. The Kier molecular flexibility index (Phi) is 12.2. The third kappa shape index (κ3) is 7.92. The summed E-state index contributed by atoms with van der Waals surface area (Å²) in [5, 5.41) is 7.22. The van der Waals surface area contributed by atoms with Crippen LogP contribution in [0, 0.1) is 0 Å². The molecule has 0 radical (unpaired) electrons. The summed E-state index contributed by atoms with van der Waals surface area (Å²) in [4.78, 5) is 10.7. The van der Waals surface area contributed by atoms with Crippen molar-refractivity contribution in [1.29, 1.82) is 0 Å². The van der Waals surface area contributed by atoms with Gasteiger partial charge in [-0.05, 0) is 201 Å². The van der Waals surface area contributed by atoms with Crippen LogP contribution >= 0.6 is 0 Å². The Balaban J connectivity index is 0.723. The smallest absolute Gasteiger partial charge is 0.0754 e. The first-order chi connectivity index (χ1) is 53.6. The topological polar surface area (TPSA) is 35.6 Å². The standard InChI is InChI=1S/C104H62N4/c1-3-25-63(26-4-1)80-62-95(106-93-46-17-11-34-74(80)93)73-33-8-7-31-70(73)67-51-54-86-82(58-67)72-32-9-13-40-84(72)103(86)87-42-15-19-49-98(87)108-97-56-52-68(59-83(97)78-39-23-44-89(103)102(78)108)81-60-69(65-29-21-30-66(57-65)71-37-24-47-94-75(71)53-55-92(105-94)64-27-5-2-6-28-64)61-91-100(81)79-36-10-14-41-85(79)104(91)88-43-16-20-50-99(88)107-96-48-18-12-35-76(96)77-38-22-45-90(104)101(77)107/h1-62H. The summed E-state index contributed by atoms with van der Waals surface area (Å²) in [5.74, 6) is 0. The molecule has 4 heteroatoms. The average Bonchev–Trinajstić information content (AvgIpc) is 1.50. The van der Waals surface area contributed by atoms with Crippen LogP contribution in [-0.2, 0) is 10.8 Å². The fourth-order valence-corrected chi connectivity index (χ4v) is 20.2. The third-order valence-corrected chi connectivity index (χ3v) is 24.5. The zero-order valence-electron chi connectivity index (χ0n) is 58.6. The van der Waals surface area contributed by atoms with E-state index < -0.39 is 10.8 Å². The Morgan fingerprint density at radius 1 is 0.194 bits per heavy atom. The number of pyridine rings is 2. The lowest BCUT2D eigenvalue weighted by Gasteiger charge is -2.39. The Hall–Kier alpha value is -14.1. The number of aromatic nitrogens is 4. The van der Waals surface area contributed by atoms with Gasteiger partial charge in [-0.1, -0.05) is 297 Å². The lowest BCUT2D eigenvalue weighted by molar-refractivity contribution is 0.748. The Labute approximate surface area is 623 Å². The quantitative estimate of drug-likeness (QED) is 0.159. The molecule has 2 unspecified atom stereocenters. The summed E-state index contributed by atoms with van der Waals surface area (Å²) in [6, 6.07) is 141. The second kappa shape index (κ2) is 22.2. The van der Waals surface area contributed by atoms with Crippen molar-refractivity contribution in [2.75, 3.05) is 0 Å². The van der Waals surface area contributed by atoms with E-state index >= 15 is 0 Å². The molecule has 0 saturated heterocycles. The summed E-state index contributed by atoms with van der Waals surface area (Å²) in [6.45, 7) is 0. The molecular formula is C104H62N4. The third-order valence-electron chi connectivity index (χ3n) is 24.5. The molecule has 20 aromatic rings. The van der Waals surface area contributed by atoms with E-state index in [1.54, 1.807) is 0 Å². The highest BCUT2D eigenvalue weighted by Crippen LogP contribution is 2.65. The maximum absolute atomic E-state index is 5.41. The molecule has 108 heavy (non-hydrogen) atoms. The van der Waals surface area contributed by atoms with Crippen molar-refractivity contribution in [3.63, 3.8) is 0 Å². The van der Waals surface area contributed by atoms with Crippen LogP contribution in [0.25, 0.3) is 177 Å². The van der Waals surface area contributed by atoms with Gasteiger partial charge >= 0.3 is 0 Å². The van der Waals surface area contributed by atoms with Crippen molar-refractivity contribution in [3.8, 4) is 112 Å². The Bertz CT molecular complexity index is 7320. The van der Waals surface area contributed by atoms with E-state index in [0.29, 0.717) is 0 Å². The molecule has 498 valence electrons. The molecule has 6 heterocycles. The van der Waals surface area contributed by atoms with E-state index in [1.165, 1.54) is 144 Å². The van der Waals surface area contributed by atoms with E-state index in [4.69, 9.17) is 9.97 Å². The number of rotatable bonds is 7. The molecule has 0 saturated carbocycles. The van der Waals surface area contributed by atoms with Gasteiger partial charge in [-0.15, -0.1) is 0 Å². The number of nitrogens with zero attached hydrogens (tertiary/aromatic N) is 4. The molecule has 2 aliphatic heterocycles. The van der Waals surface area contributed by atoms with Gasteiger partial charge in [0.05, 0.1) is 66.7 Å². The molecule has 2 aliphatic carbocycles. The normalized spacial score (nSPS) is 15.3. The molecule has 16 aromatic carbocycles. The summed E-state index contributed by atoms with van der Waals surface area (Å²) < 4.78 is 5.15. The van der Waals surface area contributed by atoms with Crippen LogP contribution in [0.1, 0.15) is 44.5 Å². The van der Waals surface area contributed by atoms with Crippen molar-refractivity contribution in [3.05, 3.63) is 421 Å². The lowest BCUT2D eigenvalue weighted by Crippen LogP contribution is -2.33. The molecule has 24 rings (SSSR count). The molecule has 2 atom stereocenters. The predicted molar refractivity (Wildman–Crippen MR) is 445 cm³/mol. The van der Waals surface area contributed by atoms with Gasteiger partial charge in [0.2, 0.25) is 0 Å². The number of benzene rings is 16. The van der Waals surface area contributed by atoms with Gasteiger partial charge in [-0.3, -0.25) is 0 Å². The Morgan fingerprint density at radius 2 is 0.667 bits per heavy atom. The second-order valence-electron chi connectivity index (χ2n) is 29.7. The highest BCUT2D eigenvalue weighted by Gasteiger charge is 2.53. The molecule has 4 nitrogen and oxygen atoms in total. The molecule has 0 bridgehead atoms. The van der Waals surface area contributed by atoms with Crippen molar-refractivity contribution in [1.82, 2.24) is 19.1 Å². The van der Waals surface area contributed by atoms with Crippen LogP contribution in [0.3, 0.4) is 0 Å². The largest absolute Gasteiger partial charge is 0.309 e. The van der Waals surface area contributed by atoms with Gasteiger partial charge in [0.25, 0.3) is 0 Å². The first kappa shape index (κ1) is 59.3. The molecule has 4 aliphatic rings. The van der Waals surface area contributed by atoms with Crippen LogP contribution in [-0.4, -0.2) is 19.1 Å². The van der Waals surface area contributed by atoms with Crippen LogP contribution in [0.15, 0.2) is 376 Å². The summed E-state index contributed by atoms with van der Waals surface area (Å²) in [6.07, 6.45) is 0. The SMILES string of the molecule is c1ccc(-c2ccc3c(-c4cccc(-c5cc(-c6ccc7c(c6)c6cccc8c6n7-c6ccccc6C86c7ccccc7-c7cc(-c8ccccc8-c8cc(-c9ccccc9)c9ccccc9n8)ccc76)c6c(c5)C5(c7ccccc7-6)c6ccccc6-n6c7ccccc7c7cccc5c76)c4)cccc3n2)cc1. The number of hydrogen-bond acceptors (Lipinski definition) is 2. The van der Waals surface area contributed by atoms with Crippen LogP contribution in [0.2, 0.25) is 0 Å². The van der Waals surface area contributed by atoms with E-state index in [2.05, 4.69) is 385 Å². The minimum absolute atomic E-state index is 0.641. The van der Waals surface area contributed by atoms with Gasteiger partial charge in [0, 0.05) is 43.4 Å². The molecule has 4 aromatic heterocycles. The van der Waals surface area contributed by atoms with Crippen LogP contribution in [0.4, 0.5) is 0 Å². The summed E-state index contributed by atoms with van der Waals surface area (Å²) in [5.41, 5.74) is 38.9. The van der Waals surface area contributed by atoms with Crippen molar-refractivity contribution in [2.24, 2.45) is 0 Å². The molecular weight excluding hydrogens is 1310 g/mol. The molecule has 0 N–H and O–H groups in total. The highest BCUT2D eigenvalue weighted by molar-refractivity contribution is 6.17. The summed E-state index contributed by atoms with van der Waals surface area (Å²) >= 11 is 0. The summed E-state index contributed by atoms with van der Waals surface area (Å²) in [7, 11) is 0. The van der Waals surface area contributed by atoms with Gasteiger partial charge in [0.1, 0.15) is 0 Å². The zero-order chi connectivity index (χ0) is 70.5. The number of para-hydroxylation sites is 6. The van der Waals surface area contributed by atoms with Crippen molar-refractivity contribution < 1.29 is 0 Å². The van der Waals surface area contributed by atoms with E-state index in [0.717, 1.165) is 77.7 Å². The van der Waals surface area contributed by atoms with E-state index in [-0.39, 0.29) is 0 Å². The van der Waals surface area contributed by atoms with Gasteiger partial charge in [0.15, 0.2) is 0 Å². The highest BCUT2D eigenvalue weighted by atomic mass is 15.0. The monoisotopic (exact) mass is 1370 g/mol. The minimum Gasteiger partial charge on any atom is -0.309 e. The number of fused-ring (bicyclic) bond motifs is 26.